The first kappa shape index (κ1) is 21.1. The summed E-state index contributed by atoms with van der Waals surface area (Å²) in [5.41, 5.74) is 3.93. The Hall–Kier alpha value is -3.12. The van der Waals surface area contributed by atoms with Gasteiger partial charge in [0.15, 0.2) is 0 Å². The molecule has 1 saturated heterocycles. The largest absolute Gasteiger partial charge is 0.371 e. The van der Waals surface area contributed by atoms with E-state index < -0.39 is 0 Å². The molecule has 3 aromatic rings. The van der Waals surface area contributed by atoms with Crippen LogP contribution in [0.2, 0.25) is 0 Å². The molecular weight excluding hydrogens is 388 g/mol. The monoisotopic (exact) mass is 418 g/mol. The minimum atomic E-state index is -0.0453. The Kier molecular flexibility index (Phi) is 6.67. The van der Waals surface area contributed by atoms with E-state index in [1.165, 1.54) is 5.69 Å². The number of aromatic nitrogens is 1. The molecule has 2 aromatic carbocycles. The molecule has 0 saturated carbocycles. The lowest BCUT2D eigenvalue weighted by atomic mass is 10.0. The van der Waals surface area contributed by atoms with E-state index in [-0.39, 0.29) is 11.9 Å². The number of rotatable bonds is 7. The molecule has 4 rings (SSSR count). The first-order valence-electron chi connectivity index (χ1n) is 10.9. The molecule has 1 fully saturated rings. The normalized spacial score (nSPS) is 15.8. The van der Waals surface area contributed by atoms with Crippen LogP contribution < -0.4 is 10.2 Å². The van der Waals surface area contributed by atoms with Crippen LogP contribution in [-0.4, -0.2) is 42.1 Å². The van der Waals surface area contributed by atoms with E-state index in [0.717, 1.165) is 43.7 Å². The zero-order valence-electron chi connectivity index (χ0n) is 18.2. The molecule has 1 aliphatic heterocycles. The Morgan fingerprint density at radius 2 is 1.84 bits per heavy atom. The molecule has 1 aromatic heterocycles. The van der Waals surface area contributed by atoms with E-state index in [1.54, 1.807) is 6.26 Å². The van der Waals surface area contributed by atoms with Crippen molar-refractivity contribution in [2.75, 3.05) is 25.0 Å². The molecule has 0 aliphatic carbocycles. The summed E-state index contributed by atoms with van der Waals surface area (Å²) in [5.74, 6) is -0.0453. The minimum absolute atomic E-state index is 0.0263. The third-order valence-electron chi connectivity index (χ3n) is 6.13. The van der Waals surface area contributed by atoms with Crippen molar-refractivity contribution in [3.8, 4) is 0 Å². The van der Waals surface area contributed by atoms with E-state index in [0.29, 0.717) is 11.6 Å². The Morgan fingerprint density at radius 3 is 2.48 bits per heavy atom. The van der Waals surface area contributed by atoms with Crippen LogP contribution in [-0.2, 0) is 6.54 Å². The highest BCUT2D eigenvalue weighted by atomic mass is 16.5. The Morgan fingerprint density at radius 1 is 1.13 bits per heavy atom. The first-order chi connectivity index (χ1) is 15.1. The molecule has 6 heteroatoms. The fourth-order valence-corrected chi connectivity index (χ4v) is 4.20. The number of carbonyl (C=O) groups excluding carboxylic acids is 1. The van der Waals surface area contributed by atoms with Crippen LogP contribution in [0.15, 0.2) is 71.4 Å². The second-order valence-corrected chi connectivity index (χ2v) is 8.28. The maximum Gasteiger partial charge on any atom is 0.251 e. The van der Waals surface area contributed by atoms with Gasteiger partial charge in [0.2, 0.25) is 0 Å². The van der Waals surface area contributed by atoms with Crippen LogP contribution >= 0.6 is 0 Å². The number of nitrogens with zero attached hydrogens (tertiary/aromatic N) is 3. The molecule has 31 heavy (non-hydrogen) atoms. The van der Waals surface area contributed by atoms with Gasteiger partial charge >= 0.3 is 0 Å². The second-order valence-electron chi connectivity index (χ2n) is 8.28. The van der Waals surface area contributed by atoms with Gasteiger partial charge in [-0.1, -0.05) is 35.5 Å². The Balaban J connectivity index is 1.29. The van der Waals surface area contributed by atoms with Crippen molar-refractivity contribution in [1.29, 1.82) is 0 Å². The Labute approximate surface area is 183 Å². The van der Waals surface area contributed by atoms with Gasteiger partial charge in [0.25, 0.3) is 5.91 Å². The van der Waals surface area contributed by atoms with Crippen LogP contribution in [0.4, 0.5) is 5.69 Å². The fourth-order valence-electron chi connectivity index (χ4n) is 4.20. The fraction of sp³-hybridized carbons (Fsp3) is 0.360. The number of hydrogen-bond donors (Lipinski definition) is 1. The molecular formula is C25H30N4O2. The van der Waals surface area contributed by atoms with E-state index in [4.69, 9.17) is 4.52 Å². The van der Waals surface area contributed by atoms with E-state index in [2.05, 4.69) is 39.5 Å². The van der Waals surface area contributed by atoms with Gasteiger partial charge < -0.3 is 14.7 Å². The van der Waals surface area contributed by atoms with Gasteiger partial charge in [-0.25, -0.2) is 0 Å². The summed E-state index contributed by atoms with van der Waals surface area (Å²) >= 11 is 0. The lowest BCUT2D eigenvalue weighted by molar-refractivity contribution is 0.0940. The molecule has 1 unspecified atom stereocenters. The molecule has 1 atom stereocenters. The highest BCUT2D eigenvalue weighted by Crippen LogP contribution is 2.23. The van der Waals surface area contributed by atoms with Crippen molar-refractivity contribution in [2.45, 2.75) is 38.4 Å². The van der Waals surface area contributed by atoms with E-state index in [1.807, 2.05) is 55.5 Å². The van der Waals surface area contributed by atoms with Gasteiger partial charge in [0.05, 0.1) is 11.7 Å². The summed E-state index contributed by atoms with van der Waals surface area (Å²) < 4.78 is 4.93. The summed E-state index contributed by atoms with van der Waals surface area (Å²) in [6.07, 6.45) is 3.83. The summed E-state index contributed by atoms with van der Waals surface area (Å²) in [6.45, 7) is 4.83. The maximum atomic E-state index is 12.6. The maximum absolute atomic E-state index is 12.6. The van der Waals surface area contributed by atoms with Crippen molar-refractivity contribution in [3.05, 3.63) is 83.7 Å². The molecule has 0 bridgehead atoms. The summed E-state index contributed by atoms with van der Waals surface area (Å²) in [6, 6.07) is 20.4. The predicted octanol–water partition coefficient (Wildman–Crippen LogP) is 4.27. The number of anilines is 1. The van der Waals surface area contributed by atoms with Crippen molar-refractivity contribution in [2.24, 2.45) is 0 Å². The molecule has 162 valence electrons. The molecule has 1 aliphatic rings. The quantitative estimate of drug-likeness (QED) is 0.621. The molecule has 1 N–H and O–H groups in total. The van der Waals surface area contributed by atoms with E-state index >= 15 is 0 Å². The van der Waals surface area contributed by atoms with Crippen LogP contribution in [0, 0.1) is 0 Å². The summed E-state index contributed by atoms with van der Waals surface area (Å²) in [4.78, 5) is 17.4. The van der Waals surface area contributed by atoms with Crippen LogP contribution in [0.3, 0.4) is 0 Å². The zero-order valence-corrected chi connectivity index (χ0v) is 18.2. The number of piperidine rings is 1. The average molecular weight is 419 g/mol. The third kappa shape index (κ3) is 5.33. The van der Waals surface area contributed by atoms with Crippen molar-refractivity contribution < 1.29 is 9.32 Å². The van der Waals surface area contributed by atoms with Gasteiger partial charge in [0, 0.05) is 43.0 Å². The lowest BCUT2D eigenvalue weighted by Gasteiger charge is -2.37. The van der Waals surface area contributed by atoms with Crippen LogP contribution in [0.25, 0.3) is 0 Å². The highest BCUT2D eigenvalue weighted by Gasteiger charge is 2.23. The van der Waals surface area contributed by atoms with Gasteiger partial charge in [-0.15, -0.1) is 0 Å². The second kappa shape index (κ2) is 9.79. The average Bonchev–Trinajstić information content (AvgIpc) is 3.33. The van der Waals surface area contributed by atoms with Crippen LogP contribution in [0.5, 0.6) is 0 Å². The third-order valence-corrected chi connectivity index (χ3v) is 6.13. The van der Waals surface area contributed by atoms with Crippen molar-refractivity contribution >= 4 is 11.6 Å². The molecule has 1 amide bonds. The van der Waals surface area contributed by atoms with Crippen LogP contribution in [0.1, 0.15) is 47.4 Å². The van der Waals surface area contributed by atoms with Gasteiger partial charge in [0.1, 0.15) is 6.26 Å². The van der Waals surface area contributed by atoms with Gasteiger partial charge in [-0.2, -0.15) is 0 Å². The molecule has 0 spiro atoms. The SMILES string of the molecule is CC(NC(=O)c1ccc(N2CCC(N(C)Cc3ccon3)CC2)cc1)c1ccccc1. The summed E-state index contributed by atoms with van der Waals surface area (Å²) in [7, 11) is 2.15. The lowest BCUT2D eigenvalue weighted by Crippen LogP contribution is -2.43. The predicted molar refractivity (Wildman–Crippen MR) is 122 cm³/mol. The van der Waals surface area contributed by atoms with Crippen molar-refractivity contribution in [1.82, 2.24) is 15.4 Å². The number of benzene rings is 2. The molecule has 0 radical (unpaired) electrons. The summed E-state index contributed by atoms with van der Waals surface area (Å²) in [5, 5.41) is 7.09. The highest BCUT2D eigenvalue weighted by molar-refractivity contribution is 5.94. The van der Waals surface area contributed by atoms with E-state index in [9.17, 15) is 4.79 Å². The number of carbonyl (C=O) groups is 1. The van der Waals surface area contributed by atoms with Gasteiger partial charge in [-0.3, -0.25) is 9.69 Å². The number of amides is 1. The Bertz CT molecular complexity index is 949. The topological polar surface area (TPSA) is 61.6 Å². The standard InChI is InChI=1S/C25H30N4O2/c1-19(20-6-4-3-5-7-20)26-25(30)21-8-10-24(11-9-21)29-15-12-23(13-16-29)28(2)18-22-14-17-31-27-22/h3-11,14,17,19,23H,12-13,15-16,18H2,1-2H3,(H,26,30). The van der Waals surface area contributed by atoms with Gasteiger partial charge in [-0.05, 0) is 56.6 Å². The number of hydrogen-bond acceptors (Lipinski definition) is 5. The number of nitrogens with one attached hydrogen (secondary N) is 1. The first-order valence-corrected chi connectivity index (χ1v) is 10.9. The molecule has 6 nitrogen and oxygen atoms in total. The zero-order chi connectivity index (χ0) is 21.6. The minimum Gasteiger partial charge on any atom is -0.371 e. The smallest absolute Gasteiger partial charge is 0.251 e. The molecule has 2 heterocycles. The van der Waals surface area contributed by atoms with Crippen molar-refractivity contribution in [3.63, 3.8) is 0 Å².